The number of hydrogen-bond acceptors (Lipinski definition) is 2. The minimum absolute atomic E-state index is 0.213. The second-order valence-electron chi connectivity index (χ2n) is 5.42. The number of aliphatic hydroxyl groups is 1. The predicted octanol–water partition coefficient (Wildman–Crippen LogP) is 2.63. The van der Waals surface area contributed by atoms with E-state index in [9.17, 15) is 5.11 Å². The van der Waals surface area contributed by atoms with Gasteiger partial charge in [0, 0.05) is 25.4 Å². The molecule has 0 aromatic carbocycles. The Bertz CT molecular complexity index is 340. The van der Waals surface area contributed by atoms with Crippen molar-refractivity contribution in [2.75, 3.05) is 0 Å². The number of hydrogen-bond donors (Lipinski definition) is 1. The third-order valence-electron chi connectivity index (χ3n) is 4.14. The fraction of sp³-hybridized carbons (Fsp3) is 0.786. The summed E-state index contributed by atoms with van der Waals surface area (Å²) in [6, 6.07) is 0. The van der Waals surface area contributed by atoms with Gasteiger partial charge in [0.2, 0.25) is 0 Å². The number of nitrogens with zero attached hydrogens (tertiary/aromatic N) is 2. The molecule has 1 unspecified atom stereocenters. The lowest BCUT2D eigenvalue weighted by Gasteiger charge is -2.29. The highest BCUT2D eigenvalue weighted by Crippen LogP contribution is 2.31. The van der Waals surface area contributed by atoms with E-state index in [1.165, 1.54) is 25.7 Å². The maximum Gasteiger partial charge on any atom is 0.111 e. The van der Waals surface area contributed by atoms with Crippen molar-refractivity contribution in [2.45, 2.75) is 58.6 Å². The summed E-state index contributed by atoms with van der Waals surface area (Å²) in [6.07, 6.45) is 9.20. The van der Waals surface area contributed by atoms with Gasteiger partial charge in [0.05, 0.1) is 6.10 Å². The molecule has 1 heterocycles. The van der Waals surface area contributed by atoms with Crippen LogP contribution in [-0.4, -0.2) is 20.8 Å². The zero-order valence-corrected chi connectivity index (χ0v) is 11.0. The molecule has 0 amide bonds. The number of aryl methyl sites for hydroxylation is 1. The van der Waals surface area contributed by atoms with Crippen LogP contribution in [0.2, 0.25) is 0 Å². The summed E-state index contributed by atoms with van der Waals surface area (Å²) >= 11 is 0. The lowest BCUT2D eigenvalue weighted by molar-refractivity contribution is 0.0738. The quantitative estimate of drug-likeness (QED) is 0.872. The van der Waals surface area contributed by atoms with E-state index in [0.717, 1.165) is 18.3 Å². The van der Waals surface area contributed by atoms with E-state index in [-0.39, 0.29) is 6.10 Å². The summed E-state index contributed by atoms with van der Waals surface area (Å²) in [5.41, 5.74) is 0. The van der Waals surface area contributed by atoms with Crippen LogP contribution in [0.5, 0.6) is 0 Å². The number of rotatable bonds is 4. The molecule has 0 saturated heterocycles. The zero-order valence-electron chi connectivity index (χ0n) is 11.0. The molecule has 3 nitrogen and oxygen atoms in total. The van der Waals surface area contributed by atoms with Gasteiger partial charge in [0.15, 0.2) is 0 Å². The highest BCUT2D eigenvalue weighted by atomic mass is 16.3. The molecule has 3 heteroatoms. The Balaban J connectivity index is 1.90. The Hall–Kier alpha value is -0.830. The molecule has 1 aromatic heterocycles. The first-order valence-corrected chi connectivity index (χ1v) is 6.88. The van der Waals surface area contributed by atoms with E-state index < -0.39 is 0 Å². The van der Waals surface area contributed by atoms with E-state index in [1.54, 1.807) is 0 Å². The maximum absolute atomic E-state index is 10.3. The van der Waals surface area contributed by atoms with Crippen LogP contribution in [0.1, 0.15) is 45.4 Å². The van der Waals surface area contributed by atoms with E-state index in [0.29, 0.717) is 12.3 Å². The second-order valence-corrected chi connectivity index (χ2v) is 5.42. The van der Waals surface area contributed by atoms with Gasteiger partial charge in [0.25, 0.3) is 0 Å². The van der Waals surface area contributed by atoms with Crippen LogP contribution in [0.25, 0.3) is 0 Å². The fourth-order valence-electron chi connectivity index (χ4n) is 2.84. The number of aromatic nitrogens is 2. The third-order valence-corrected chi connectivity index (χ3v) is 4.14. The average Bonchev–Trinajstić information content (AvgIpc) is 2.77. The molecule has 1 atom stereocenters. The van der Waals surface area contributed by atoms with Crippen LogP contribution in [0, 0.1) is 11.8 Å². The van der Waals surface area contributed by atoms with Crippen LogP contribution >= 0.6 is 0 Å². The molecule has 1 saturated carbocycles. The van der Waals surface area contributed by atoms with E-state index >= 15 is 0 Å². The van der Waals surface area contributed by atoms with Crippen molar-refractivity contribution in [1.29, 1.82) is 0 Å². The molecule has 1 aromatic rings. The van der Waals surface area contributed by atoms with Gasteiger partial charge >= 0.3 is 0 Å². The Morgan fingerprint density at radius 1 is 1.41 bits per heavy atom. The van der Waals surface area contributed by atoms with Crippen LogP contribution in [0.15, 0.2) is 12.4 Å². The molecule has 1 aliphatic rings. The molecule has 2 rings (SSSR count). The number of aliphatic hydroxyl groups excluding tert-OH is 1. The summed E-state index contributed by atoms with van der Waals surface area (Å²) < 4.78 is 2.12. The summed E-state index contributed by atoms with van der Waals surface area (Å²) in [5, 5.41) is 10.3. The SMILES string of the molecule is CCn1ccnc1CC(O)C1CCC(C)CC1. The molecule has 96 valence electrons. The lowest BCUT2D eigenvalue weighted by Crippen LogP contribution is -2.28. The average molecular weight is 236 g/mol. The first-order chi connectivity index (χ1) is 8.20. The maximum atomic E-state index is 10.3. The van der Waals surface area contributed by atoms with Crippen LogP contribution in [0.3, 0.4) is 0 Å². The topological polar surface area (TPSA) is 38.0 Å². The van der Waals surface area contributed by atoms with Gasteiger partial charge in [0.1, 0.15) is 5.82 Å². The standard InChI is InChI=1S/C14H24N2O/c1-3-16-9-8-15-14(16)10-13(17)12-6-4-11(2)5-7-12/h8-9,11-13,17H,3-7,10H2,1-2H3. The first kappa shape index (κ1) is 12.6. The van der Waals surface area contributed by atoms with Crippen molar-refractivity contribution in [2.24, 2.45) is 11.8 Å². The molecule has 1 N–H and O–H groups in total. The smallest absolute Gasteiger partial charge is 0.111 e. The van der Waals surface area contributed by atoms with Gasteiger partial charge in [-0.3, -0.25) is 0 Å². The summed E-state index contributed by atoms with van der Waals surface area (Å²) in [6.45, 7) is 5.36. The fourth-order valence-corrected chi connectivity index (χ4v) is 2.84. The van der Waals surface area contributed by atoms with E-state index in [4.69, 9.17) is 0 Å². The first-order valence-electron chi connectivity index (χ1n) is 6.88. The number of imidazole rings is 1. The zero-order chi connectivity index (χ0) is 12.3. The van der Waals surface area contributed by atoms with Crippen LogP contribution < -0.4 is 0 Å². The van der Waals surface area contributed by atoms with Crippen molar-refractivity contribution in [3.8, 4) is 0 Å². The van der Waals surface area contributed by atoms with Crippen molar-refractivity contribution in [1.82, 2.24) is 9.55 Å². The van der Waals surface area contributed by atoms with E-state index in [2.05, 4.69) is 23.4 Å². The lowest BCUT2D eigenvalue weighted by atomic mass is 9.79. The minimum atomic E-state index is -0.213. The van der Waals surface area contributed by atoms with Crippen molar-refractivity contribution in [3.05, 3.63) is 18.2 Å². The Morgan fingerprint density at radius 3 is 2.76 bits per heavy atom. The molecule has 0 aliphatic heterocycles. The molecule has 17 heavy (non-hydrogen) atoms. The molecule has 1 fully saturated rings. The molecule has 0 radical (unpaired) electrons. The second kappa shape index (κ2) is 5.67. The highest BCUT2D eigenvalue weighted by Gasteiger charge is 2.25. The van der Waals surface area contributed by atoms with Gasteiger partial charge in [-0.15, -0.1) is 0 Å². The van der Waals surface area contributed by atoms with Crippen molar-refractivity contribution >= 4 is 0 Å². The predicted molar refractivity (Wildman–Crippen MR) is 68.7 cm³/mol. The van der Waals surface area contributed by atoms with Gasteiger partial charge < -0.3 is 9.67 Å². The van der Waals surface area contributed by atoms with Gasteiger partial charge in [-0.05, 0) is 31.6 Å². The van der Waals surface area contributed by atoms with E-state index in [1.807, 2.05) is 12.4 Å². The van der Waals surface area contributed by atoms with Crippen LogP contribution in [0.4, 0.5) is 0 Å². The summed E-state index contributed by atoms with van der Waals surface area (Å²) in [4.78, 5) is 4.34. The molecule has 1 aliphatic carbocycles. The summed E-state index contributed by atoms with van der Waals surface area (Å²) in [5.74, 6) is 2.35. The normalized spacial score (nSPS) is 27.0. The monoisotopic (exact) mass is 236 g/mol. The van der Waals surface area contributed by atoms with Gasteiger partial charge in [-0.25, -0.2) is 4.98 Å². The van der Waals surface area contributed by atoms with Crippen LogP contribution in [-0.2, 0) is 13.0 Å². The van der Waals surface area contributed by atoms with Crippen molar-refractivity contribution < 1.29 is 5.11 Å². The van der Waals surface area contributed by atoms with Gasteiger partial charge in [-0.2, -0.15) is 0 Å². The minimum Gasteiger partial charge on any atom is -0.392 e. The molecule has 0 bridgehead atoms. The third kappa shape index (κ3) is 3.09. The largest absolute Gasteiger partial charge is 0.392 e. The van der Waals surface area contributed by atoms with Crippen molar-refractivity contribution in [3.63, 3.8) is 0 Å². The Morgan fingerprint density at radius 2 is 2.12 bits per heavy atom. The molecular formula is C14H24N2O. The van der Waals surface area contributed by atoms with Gasteiger partial charge in [-0.1, -0.05) is 19.8 Å². The Kier molecular flexibility index (Phi) is 4.21. The molecular weight excluding hydrogens is 212 g/mol. The summed E-state index contributed by atoms with van der Waals surface area (Å²) in [7, 11) is 0. The molecule has 0 spiro atoms. The highest BCUT2D eigenvalue weighted by molar-refractivity contribution is 4.95. The Labute approximate surface area is 104 Å².